The van der Waals surface area contributed by atoms with Crippen LogP contribution in [-0.4, -0.2) is 52.7 Å². The van der Waals surface area contributed by atoms with Gasteiger partial charge >= 0.3 is 0 Å². The Labute approximate surface area is 381 Å². The summed E-state index contributed by atoms with van der Waals surface area (Å²) in [6.45, 7) is 8.41. The maximum absolute atomic E-state index is 12.1. The zero-order valence-electron chi connectivity index (χ0n) is 36.5. The van der Waals surface area contributed by atoms with Crippen molar-refractivity contribution >= 4 is 83.5 Å². The van der Waals surface area contributed by atoms with E-state index in [2.05, 4.69) is 127 Å². The van der Waals surface area contributed by atoms with Crippen LogP contribution in [0.2, 0.25) is 0 Å². The molecule has 0 amide bonds. The van der Waals surface area contributed by atoms with Gasteiger partial charge in [-0.15, -0.1) is 5.46 Å². The SMILES string of the molecule is [B]c1c([B])c(-c2c(-c3ccccc3)cccc2-n2c3ccccc3c3ccc4c5ccccc5n(-c5nc(-c6ccccc6)nc(-c6ccc(C(C)(C)C)cc6)n5)c4c32)c(O)c([B])c1C. The summed E-state index contributed by atoms with van der Waals surface area (Å²) in [5.41, 5.74) is 11.5. The van der Waals surface area contributed by atoms with Gasteiger partial charge in [0.1, 0.15) is 29.3 Å². The third-order valence-corrected chi connectivity index (χ3v) is 12.8. The topological polar surface area (TPSA) is 68.8 Å². The van der Waals surface area contributed by atoms with Gasteiger partial charge in [-0.1, -0.05) is 183 Å². The first kappa shape index (κ1) is 40.2. The molecule has 6 radical (unpaired) electrons. The lowest BCUT2D eigenvalue weighted by Crippen LogP contribution is -2.36. The maximum atomic E-state index is 12.1. The van der Waals surface area contributed by atoms with Crippen molar-refractivity contribution in [3.05, 3.63) is 175 Å². The molecule has 0 aliphatic heterocycles. The van der Waals surface area contributed by atoms with Crippen molar-refractivity contribution in [3.8, 4) is 62.4 Å². The Morgan fingerprint density at radius 1 is 0.462 bits per heavy atom. The molecule has 0 unspecified atom stereocenters. The molecule has 0 atom stereocenters. The molecule has 0 fully saturated rings. The fourth-order valence-electron chi connectivity index (χ4n) is 9.41. The molecular weight excluding hydrogens is 791 g/mol. The molecule has 65 heavy (non-hydrogen) atoms. The number of rotatable bonds is 6. The van der Waals surface area contributed by atoms with Gasteiger partial charge in [0.2, 0.25) is 5.95 Å². The second kappa shape index (κ2) is 15.3. The van der Waals surface area contributed by atoms with Gasteiger partial charge in [-0.3, -0.25) is 4.57 Å². The number of benzene rings is 8. The van der Waals surface area contributed by atoms with Gasteiger partial charge in [0.05, 0.1) is 27.8 Å². The highest BCUT2D eigenvalue weighted by Crippen LogP contribution is 2.46. The van der Waals surface area contributed by atoms with Crippen LogP contribution < -0.4 is 16.4 Å². The van der Waals surface area contributed by atoms with Crippen LogP contribution in [0.15, 0.2) is 164 Å². The summed E-state index contributed by atoms with van der Waals surface area (Å²) >= 11 is 0. The second-order valence-electron chi connectivity index (χ2n) is 17.7. The average molecular weight is 831 g/mol. The van der Waals surface area contributed by atoms with Crippen LogP contribution in [0.5, 0.6) is 5.75 Å². The largest absolute Gasteiger partial charge is 0.508 e. The predicted octanol–water partition coefficient (Wildman–Crippen LogP) is 10.4. The number of hydrogen-bond donors (Lipinski definition) is 1. The number of nitrogens with zero attached hydrogens (tertiary/aromatic N) is 5. The molecule has 3 aromatic heterocycles. The summed E-state index contributed by atoms with van der Waals surface area (Å²) in [7, 11) is 20.4. The van der Waals surface area contributed by atoms with Crippen molar-refractivity contribution in [3.63, 3.8) is 0 Å². The molecule has 0 bridgehead atoms. The van der Waals surface area contributed by atoms with E-state index in [9.17, 15) is 5.11 Å². The average Bonchev–Trinajstić information content (AvgIpc) is 3.86. The zero-order chi connectivity index (χ0) is 44.7. The molecule has 0 aliphatic carbocycles. The number of aromatic nitrogens is 5. The van der Waals surface area contributed by atoms with E-state index in [1.165, 1.54) is 5.56 Å². The summed E-state index contributed by atoms with van der Waals surface area (Å²) in [5.74, 6) is 1.47. The zero-order valence-corrected chi connectivity index (χ0v) is 36.5. The standard InChI is InChI=1S/C56H40B3N5O/c1-32-47(57)49(59)46(52(65)48(32)58)45-37(33-16-7-5-8-17-33)22-15-25-44(45)63-42-23-13-11-20-38(42)40-30-31-41-39-21-12-14-24-43(39)64(51(41)50(40)63)55-61-53(34-18-9-6-10-19-34)60-54(62-55)35-26-28-36(29-27-35)56(2,3)4/h5-31,65H,1-4H3. The van der Waals surface area contributed by atoms with E-state index >= 15 is 0 Å². The molecule has 3 heterocycles. The predicted molar refractivity (Wildman–Crippen MR) is 272 cm³/mol. The first-order valence-electron chi connectivity index (χ1n) is 21.7. The fourth-order valence-corrected chi connectivity index (χ4v) is 9.41. The molecule has 11 aromatic rings. The summed E-state index contributed by atoms with van der Waals surface area (Å²) in [5, 5.41) is 16.2. The molecule has 11 rings (SSSR count). The van der Waals surface area contributed by atoms with Gasteiger partial charge in [0.25, 0.3) is 0 Å². The van der Waals surface area contributed by atoms with Crippen LogP contribution in [0.4, 0.5) is 0 Å². The Kier molecular flexibility index (Phi) is 9.44. The van der Waals surface area contributed by atoms with Crippen molar-refractivity contribution in [2.75, 3.05) is 0 Å². The number of phenols is 1. The maximum Gasteiger partial charge on any atom is 0.238 e. The Balaban J connectivity index is 1.31. The lowest BCUT2D eigenvalue weighted by molar-refractivity contribution is 0.482. The highest BCUT2D eigenvalue weighted by atomic mass is 16.3. The van der Waals surface area contributed by atoms with E-state index in [-0.39, 0.29) is 22.1 Å². The quantitative estimate of drug-likeness (QED) is 0.170. The third kappa shape index (κ3) is 6.40. The Morgan fingerprint density at radius 2 is 0.985 bits per heavy atom. The van der Waals surface area contributed by atoms with Crippen LogP contribution in [0.3, 0.4) is 0 Å². The summed E-state index contributed by atoms with van der Waals surface area (Å²) in [6.07, 6.45) is 0. The van der Waals surface area contributed by atoms with Crippen molar-refractivity contribution in [2.24, 2.45) is 0 Å². The van der Waals surface area contributed by atoms with Crippen molar-refractivity contribution in [1.29, 1.82) is 0 Å². The number of phenolic OH excluding ortho intramolecular Hbond substituents is 1. The molecule has 0 saturated heterocycles. The molecular formula is C56H40B3N5O. The van der Waals surface area contributed by atoms with E-state index < -0.39 is 0 Å². The first-order valence-corrected chi connectivity index (χ1v) is 21.7. The van der Waals surface area contributed by atoms with Crippen LogP contribution in [0.1, 0.15) is 31.9 Å². The molecule has 9 heteroatoms. The first-order chi connectivity index (χ1) is 31.5. The molecule has 1 N–H and O–H groups in total. The van der Waals surface area contributed by atoms with Crippen LogP contribution in [-0.2, 0) is 5.41 Å². The molecule has 0 spiro atoms. The van der Waals surface area contributed by atoms with Crippen molar-refractivity contribution in [1.82, 2.24) is 24.1 Å². The Morgan fingerprint density at radius 3 is 1.58 bits per heavy atom. The van der Waals surface area contributed by atoms with Gasteiger partial charge in [-0.2, -0.15) is 9.97 Å². The van der Waals surface area contributed by atoms with Crippen molar-refractivity contribution in [2.45, 2.75) is 33.1 Å². The minimum atomic E-state index is -0.124. The highest BCUT2D eigenvalue weighted by Gasteiger charge is 2.27. The molecule has 8 aromatic carbocycles. The van der Waals surface area contributed by atoms with Gasteiger partial charge in [-0.25, -0.2) is 4.98 Å². The van der Waals surface area contributed by atoms with Gasteiger partial charge in [0.15, 0.2) is 11.6 Å². The number of fused-ring (bicyclic) bond motifs is 7. The summed E-state index contributed by atoms with van der Waals surface area (Å²) in [4.78, 5) is 15.8. The molecule has 6 nitrogen and oxygen atoms in total. The van der Waals surface area contributed by atoms with E-state index in [1.807, 2.05) is 66.7 Å². The van der Waals surface area contributed by atoms with Gasteiger partial charge in [0, 0.05) is 43.8 Å². The van der Waals surface area contributed by atoms with E-state index in [1.54, 1.807) is 6.92 Å². The van der Waals surface area contributed by atoms with Crippen LogP contribution in [0.25, 0.3) is 100 Å². The smallest absolute Gasteiger partial charge is 0.238 e. The molecule has 304 valence electrons. The Hall–Kier alpha value is -7.64. The minimum Gasteiger partial charge on any atom is -0.508 e. The second-order valence-corrected chi connectivity index (χ2v) is 17.7. The highest BCUT2D eigenvalue weighted by molar-refractivity contribution is 6.54. The lowest BCUT2D eigenvalue weighted by atomic mass is 9.68. The third-order valence-electron chi connectivity index (χ3n) is 12.8. The summed E-state index contributed by atoms with van der Waals surface area (Å²) in [6, 6.07) is 56.0. The van der Waals surface area contributed by atoms with Crippen molar-refractivity contribution < 1.29 is 5.11 Å². The van der Waals surface area contributed by atoms with Crippen LogP contribution >= 0.6 is 0 Å². The minimum absolute atomic E-state index is 0.0194. The Bertz CT molecular complexity index is 3660. The fraction of sp³-hybridized carbons (Fsp3) is 0.0893. The molecule has 0 aliphatic rings. The van der Waals surface area contributed by atoms with Gasteiger partial charge in [-0.05, 0) is 47.2 Å². The van der Waals surface area contributed by atoms with E-state index in [0.29, 0.717) is 39.8 Å². The summed E-state index contributed by atoms with van der Waals surface area (Å²) < 4.78 is 4.46. The number of para-hydroxylation sites is 2. The lowest BCUT2D eigenvalue weighted by Gasteiger charge is -2.24. The normalized spacial score (nSPS) is 11.9. The monoisotopic (exact) mass is 831 g/mol. The van der Waals surface area contributed by atoms with E-state index in [0.717, 1.165) is 71.6 Å². The van der Waals surface area contributed by atoms with Crippen LogP contribution in [0, 0.1) is 6.92 Å². The van der Waals surface area contributed by atoms with Gasteiger partial charge < -0.3 is 9.67 Å². The number of hydrogen-bond acceptors (Lipinski definition) is 4. The van der Waals surface area contributed by atoms with E-state index in [4.69, 9.17) is 38.5 Å². The molecule has 0 saturated carbocycles. The number of aromatic hydroxyl groups is 1.